The Morgan fingerprint density at radius 3 is 2.34 bits per heavy atom. The van der Waals surface area contributed by atoms with Crippen molar-refractivity contribution < 1.29 is 19.1 Å². The fraction of sp³-hybridized carbons (Fsp3) is 0.0345. The maximum Gasteiger partial charge on any atom is 0.345 e. The van der Waals surface area contributed by atoms with E-state index >= 15 is 0 Å². The zero-order valence-electron chi connectivity index (χ0n) is 20.1. The van der Waals surface area contributed by atoms with Crippen molar-refractivity contribution in [2.75, 3.05) is 5.32 Å². The Kier molecular flexibility index (Phi) is 8.53. The lowest BCUT2D eigenvalue weighted by atomic mass is 10.1. The van der Waals surface area contributed by atoms with Gasteiger partial charge in [-0.25, -0.2) is 10.2 Å². The van der Waals surface area contributed by atoms with Crippen molar-refractivity contribution in [1.29, 1.82) is 0 Å². The molecule has 0 aliphatic carbocycles. The van der Waals surface area contributed by atoms with E-state index in [0.29, 0.717) is 27.4 Å². The fourth-order valence-electron chi connectivity index (χ4n) is 3.36. The van der Waals surface area contributed by atoms with Crippen LogP contribution in [0.3, 0.4) is 0 Å². The summed E-state index contributed by atoms with van der Waals surface area (Å²) < 4.78 is 5.48. The maximum absolute atomic E-state index is 12.6. The van der Waals surface area contributed by atoms with E-state index in [4.69, 9.17) is 27.9 Å². The number of anilines is 1. The van der Waals surface area contributed by atoms with E-state index in [-0.39, 0.29) is 22.2 Å². The Morgan fingerprint density at radius 2 is 1.58 bits per heavy atom. The number of hydrogen-bond acceptors (Lipinski definition) is 5. The first kappa shape index (κ1) is 26.6. The number of aryl methyl sites for hydroxylation is 1. The van der Waals surface area contributed by atoms with E-state index in [0.717, 1.165) is 5.56 Å². The molecule has 2 N–H and O–H groups in total. The highest BCUT2D eigenvalue weighted by molar-refractivity contribution is 6.36. The summed E-state index contributed by atoms with van der Waals surface area (Å²) in [5, 5.41) is 7.33. The van der Waals surface area contributed by atoms with Crippen molar-refractivity contribution in [3.05, 3.63) is 129 Å². The second-order valence-electron chi connectivity index (χ2n) is 8.15. The molecule has 0 fully saturated rings. The van der Waals surface area contributed by atoms with Gasteiger partial charge >= 0.3 is 5.97 Å². The smallest absolute Gasteiger partial charge is 0.345 e. The lowest BCUT2D eigenvalue weighted by molar-refractivity contribution is 0.0734. The van der Waals surface area contributed by atoms with Crippen LogP contribution in [0.1, 0.15) is 42.2 Å². The number of esters is 1. The lowest BCUT2D eigenvalue weighted by Gasteiger charge is -2.09. The van der Waals surface area contributed by atoms with E-state index in [1.807, 2.05) is 19.1 Å². The van der Waals surface area contributed by atoms with Crippen LogP contribution < -0.4 is 15.5 Å². The molecule has 38 heavy (non-hydrogen) atoms. The number of benzene rings is 4. The lowest BCUT2D eigenvalue weighted by Crippen LogP contribution is -2.18. The monoisotopic (exact) mass is 545 g/mol. The zero-order valence-corrected chi connectivity index (χ0v) is 21.6. The zero-order chi connectivity index (χ0) is 27.1. The quantitative estimate of drug-likeness (QED) is 0.119. The van der Waals surface area contributed by atoms with Crippen LogP contribution in [-0.2, 0) is 0 Å². The first-order valence-corrected chi connectivity index (χ1v) is 12.1. The molecule has 0 heterocycles. The third kappa shape index (κ3) is 6.85. The summed E-state index contributed by atoms with van der Waals surface area (Å²) in [6, 6.07) is 24.8. The molecule has 190 valence electrons. The van der Waals surface area contributed by atoms with E-state index in [1.165, 1.54) is 24.4 Å². The number of hydrogen-bond donors (Lipinski definition) is 2. The number of carbonyl (C=O) groups is 3. The highest BCUT2D eigenvalue weighted by atomic mass is 35.5. The number of nitrogens with zero attached hydrogens (tertiary/aromatic N) is 1. The standard InChI is InChI=1S/C29H21Cl2N3O4/c1-18-9-11-19(12-10-18)27(35)33-23-7-4-6-20(15-23)28(36)34-32-17-21-5-2-3-8-26(21)38-29(37)24-14-13-22(30)16-25(24)31/h2-17H,1H3,(H,33,35)(H,34,36). The molecular weight excluding hydrogens is 525 g/mol. The molecule has 0 saturated heterocycles. The molecule has 0 spiro atoms. The van der Waals surface area contributed by atoms with Gasteiger partial charge in [0, 0.05) is 27.4 Å². The van der Waals surface area contributed by atoms with Crippen molar-refractivity contribution >= 4 is 52.9 Å². The molecule has 2 amide bonds. The summed E-state index contributed by atoms with van der Waals surface area (Å²) in [7, 11) is 0. The minimum absolute atomic E-state index is 0.158. The van der Waals surface area contributed by atoms with Crippen molar-refractivity contribution in [3.8, 4) is 5.75 Å². The molecule has 0 saturated carbocycles. The largest absolute Gasteiger partial charge is 0.422 e. The second kappa shape index (κ2) is 12.2. The molecule has 9 heteroatoms. The van der Waals surface area contributed by atoms with Gasteiger partial charge in [-0.3, -0.25) is 9.59 Å². The molecule has 0 radical (unpaired) electrons. The van der Waals surface area contributed by atoms with Crippen LogP contribution in [0.2, 0.25) is 10.0 Å². The molecule has 0 aromatic heterocycles. The summed E-state index contributed by atoms with van der Waals surface area (Å²) in [6.07, 6.45) is 1.35. The van der Waals surface area contributed by atoms with Crippen molar-refractivity contribution in [2.24, 2.45) is 5.10 Å². The van der Waals surface area contributed by atoms with Gasteiger partial charge in [-0.15, -0.1) is 0 Å². The molecule has 0 unspecified atom stereocenters. The highest BCUT2D eigenvalue weighted by Crippen LogP contribution is 2.24. The summed E-state index contributed by atoms with van der Waals surface area (Å²) in [5.41, 5.74) is 5.35. The number of hydrazone groups is 1. The molecule has 0 aliphatic rings. The number of ether oxygens (including phenoxy) is 1. The Bertz CT molecular complexity index is 1540. The van der Waals surface area contributed by atoms with Gasteiger partial charge in [0.25, 0.3) is 11.8 Å². The fourth-order valence-corrected chi connectivity index (χ4v) is 3.85. The number of rotatable bonds is 7. The van der Waals surface area contributed by atoms with Gasteiger partial charge in [-0.05, 0) is 67.6 Å². The van der Waals surface area contributed by atoms with Crippen LogP contribution in [0.15, 0.2) is 96.1 Å². The third-order valence-electron chi connectivity index (χ3n) is 5.34. The van der Waals surface area contributed by atoms with E-state index in [1.54, 1.807) is 60.7 Å². The number of nitrogens with one attached hydrogen (secondary N) is 2. The summed E-state index contributed by atoms with van der Waals surface area (Å²) in [5.74, 6) is -1.22. The third-order valence-corrected chi connectivity index (χ3v) is 5.89. The average Bonchev–Trinajstić information content (AvgIpc) is 2.90. The SMILES string of the molecule is Cc1ccc(C(=O)Nc2cccc(C(=O)NN=Cc3ccccc3OC(=O)c3ccc(Cl)cc3Cl)c2)cc1. The molecule has 4 aromatic carbocycles. The minimum Gasteiger partial charge on any atom is -0.422 e. The molecule has 4 rings (SSSR count). The van der Waals surface area contributed by atoms with Crippen molar-refractivity contribution in [1.82, 2.24) is 5.43 Å². The van der Waals surface area contributed by atoms with Gasteiger partial charge in [0.1, 0.15) is 5.75 Å². The van der Waals surface area contributed by atoms with Crippen LogP contribution in [0.4, 0.5) is 5.69 Å². The van der Waals surface area contributed by atoms with E-state index < -0.39 is 11.9 Å². The van der Waals surface area contributed by atoms with Crippen LogP contribution in [0.5, 0.6) is 5.75 Å². The molecule has 0 atom stereocenters. The van der Waals surface area contributed by atoms with Crippen LogP contribution in [-0.4, -0.2) is 24.0 Å². The van der Waals surface area contributed by atoms with Crippen LogP contribution in [0.25, 0.3) is 0 Å². The Morgan fingerprint density at radius 1 is 0.816 bits per heavy atom. The Hall–Kier alpha value is -4.46. The van der Waals surface area contributed by atoms with Gasteiger partial charge in [0.05, 0.1) is 16.8 Å². The van der Waals surface area contributed by atoms with E-state index in [9.17, 15) is 14.4 Å². The van der Waals surface area contributed by atoms with E-state index in [2.05, 4.69) is 15.8 Å². The molecular formula is C29H21Cl2N3O4. The summed E-state index contributed by atoms with van der Waals surface area (Å²) in [4.78, 5) is 37.7. The van der Waals surface area contributed by atoms with Crippen LogP contribution in [0, 0.1) is 6.92 Å². The number of para-hydroxylation sites is 1. The number of halogens is 2. The molecule has 0 aliphatic heterocycles. The second-order valence-corrected chi connectivity index (χ2v) is 9.00. The summed E-state index contributed by atoms with van der Waals surface area (Å²) >= 11 is 12.0. The van der Waals surface area contributed by atoms with Crippen LogP contribution >= 0.6 is 23.2 Å². The molecule has 4 aromatic rings. The van der Waals surface area contributed by atoms with Gasteiger partial charge in [-0.1, -0.05) is 59.1 Å². The van der Waals surface area contributed by atoms with Gasteiger partial charge < -0.3 is 10.1 Å². The predicted molar refractivity (Wildman–Crippen MR) is 148 cm³/mol. The molecule has 7 nitrogen and oxygen atoms in total. The molecule has 0 bridgehead atoms. The Labute approximate surface area is 229 Å². The Balaban J connectivity index is 1.40. The highest BCUT2D eigenvalue weighted by Gasteiger charge is 2.15. The number of carbonyl (C=O) groups excluding carboxylic acids is 3. The van der Waals surface area contributed by atoms with Gasteiger partial charge in [-0.2, -0.15) is 5.10 Å². The normalized spacial score (nSPS) is 10.7. The first-order chi connectivity index (χ1) is 18.3. The number of amides is 2. The maximum atomic E-state index is 12.6. The minimum atomic E-state index is -0.666. The van der Waals surface area contributed by atoms with Gasteiger partial charge in [0.2, 0.25) is 0 Å². The van der Waals surface area contributed by atoms with Gasteiger partial charge in [0.15, 0.2) is 0 Å². The predicted octanol–water partition coefficient (Wildman–Crippen LogP) is 6.54. The van der Waals surface area contributed by atoms with Crippen molar-refractivity contribution in [2.45, 2.75) is 6.92 Å². The first-order valence-electron chi connectivity index (χ1n) is 11.4. The topological polar surface area (TPSA) is 96.9 Å². The average molecular weight is 546 g/mol. The van der Waals surface area contributed by atoms with Crippen molar-refractivity contribution in [3.63, 3.8) is 0 Å². The summed E-state index contributed by atoms with van der Waals surface area (Å²) in [6.45, 7) is 1.94.